The van der Waals surface area contributed by atoms with Crippen molar-refractivity contribution in [2.45, 2.75) is 19.8 Å². The minimum absolute atomic E-state index is 0.0741. The third kappa shape index (κ3) is 5.16. The second-order valence-electron chi connectivity index (χ2n) is 5.51. The smallest absolute Gasteiger partial charge is 0.222 e. The standard InChI is InChI=1S/C17H24N2O4/c1-14(20)18-9-11-19(12-10-18)17(21)4-3-13-23-16-7-5-15(22-2)6-8-16/h5-8H,3-4,9-13H2,1-2H3. The van der Waals surface area contributed by atoms with E-state index in [1.54, 1.807) is 18.9 Å². The fourth-order valence-electron chi connectivity index (χ4n) is 2.51. The summed E-state index contributed by atoms with van der Waals surface area (Å²) in [6.07, 6.45) is 1.15. The molecule has 1 aromatic rings. The Kier molecular flexibility index (Phi) is 6.26. The van der Waals surface area contributed by atoms with Gasteiger partial charge in [0.15, 0.2) is 0 Å². The zero-order chi connectivity index (χ0) is 16.7. The molecule has 0 unspecified atom stereocenters. The first kappa shape index (κ1) is 17.1. The molecular formula is C17H24N2O4. The Morgan fingerprint density at radius 2 is 1.57 bits per heavy atom. The summed E-state index contributed by atoms with van der Waals surface area (Å²) in [4.78, 5) is 27.0. The lowest BCUT2D eigenvalue weighted by molar-refractivity contribution is -0.138. The fraction of sp³-hybridized carbons (Fsp3) is 0.529. The summed E-state index contributed by atoms with van der Waals surface area (Å²) in [5.41, 5.74) is 0. The van der Waals surface area contributed by atoms with E-state index in [0.29, 0.717) is 45.6 Å². The Bertz CT molecular complexity index is 522. The van der Waals surface area contributed by atoms with Crippen LogP contribution in [0.25, 0.3) is 0 Å². The minimum Gasteiger partial charge on any atom is -0.497 e. The maximum Gasteiger partial charge on any atom is 0.222 e. The molecule has 2 amide bonds. The minimum atomic E-state index is 0.0741. The van der Waals surface area contributed by atoms with Crippen LogP contribution in [-0.4, -0.2) is 61.5 Å². The molecule has 126 valence electrons. The first-order chi connectivity index (χ1) is 11.1. The Morgan fingerprint density at radius 3 is 2.13 bits per heavy atom. The predicted molar refractivity (Wildman–Crippen MR) is 86.6 cm³/mol. The van der Waals surface area contributed by atoms with Crippen LogP contribution in [0, 0.1) is 0 Å². The average molecular weight is 320 g/mol. The van der Waals surface area contributed by atoms with Crippen LogP contribution in [0.15, 0.2) is 24.3 Å². The van der Waals surface area contributed by atoms with Gasteiger partial charge in [-0.25, -0.2) is 0 Å². The Morgan fingerprint density at radius 1 is 1.00 bits per heavy atom. The highest BCUT2D eigenvalue weighted by Gasteiger charge is 2.21. The largest absolute Gasteiger partial charge is 0.497 e. The van der Waals surface area contributed by atoms with Crippen molar-refractivity contribution in [1.82, 2.24) is 9.80 Å². The lowest BCUT2D eigenvalue weighted by atomic mass is 10.2. The van der Waals surface area contributed by atoms with Gasteiger partial charge in [0.1, 0.15) is 11.5 Å². The van der Waals surface area contributed by atoms with Crippen LogP contribution in [0.1, 0.15) is 19.8 Å². The van der Waals surface area contributed by atoms with E-state index < -0.39 is 0 Å². The summed E-state index contributed by atoms with van der Waals surface area (Å²) in [6, 6.07) is 7.38. The van der Waals surface area contributed by atoms with E-state index in [-0.39, 0.29) is 11.8 Å². The highest BCUT2D eigenvalue weighted by Crippen LogP contribution is 2.17. The molecule has 2 rings (SSSR count). The van der Waals surface area contributed by atoms with E-state index in [4.69, 9.17) is 9.47 Å². The molecule has 0 radical (unpaired) electrons. The number of hydrogen-bond acceptors (Lipinski definition) is 4. The van der Waals surface area contributed by atoms with Gasteiger partial charge >= 0.3 is 0 Å². The van der Waals surface area contributed by atoms with Gasteiger partial charge in [0.25, 0.3) is 0 Å². The van der Waals surface area contributed by atoms with Crippen LogP contribution < -0.4 is 9.47 Å². The molecule has 0 aliphatic carbocycles. The van der Waals surface area contributed by atoms with E-state index in [1.165, 1.54) is 0 Å². The van der Waals surface area contributed by atoms with Crippen molar-refractivity contribution in [3.63, 3.8) is 0 Å². The van der Waals surface area contributed by atoms with Crippen LogP contribution in [-0.2, 0) is 9.59 Å². The molecule has 1 aliphatic heterocycles. The molecule has 0 atom stereocenters. The summed E-state index contributed by atoms with van der Waals surface area (Å²) in [6.45, 7) is 4.57. The number of rotatable bonds is 6. The molecule has 1 fully saturated rings. The SMILES string of the molecule is COc1ccc(OCCCC(=O)N2CCN(C(C)=O)CC2)cc1. The molecule has 6 heteroatoms. The quantitative estimate of drug-likeness (QED) is 0.746. The normalized spacial score (nSPS) is 14.5. The van der Waals surface area contributed by atoms with Crippen molar-refractivity contribution < 1.29 is 19.1 Å². The van der Waals surface area contributed by atoms with Gasteiger partial charge < -0.3 is 19.3 Å². The number of benzene rings is 1. The van der Waals surface area contributed by atoms with Gasteiger partial charge in [0.05, 0.1) is 13.7 Å². The third-order valence-corrected chi connectivity index (χ3v) is 3.94. The maximum absolute atomic E-state index is 12.1. The van der Waals surface area contributed by atoms with Crippen molar-refractivity contribution in [1.29, 1.82) is 0 Å². The molecule has 23 heavy (non-hydrogen) atoms. The topological polar surface area (TPSA) is 59.1 Å². The van der Waals surface area contributed by atoms with Crippen LogP contribution in [0.3, 0.4) is 0 Å². The van der Waals surface area contributed by atoms with E-state index in [0.717, 1.165) is 11.5 Å². The highest BCUT2D eigenvalue weighted by molar-refractivity contribution is 5.77. The number of piperazine rings is 1. The van der Waals surface area contributed by atoms with Crippen LogP contribution in [0.5, 0.6) is 11.5 Å². The summed E-state index contributed by atoms with van der Waals surface area (Å²) >= 11 is 0. The van der Waals surface area contributed by atoms with Crippen molar-refractivity contribution in [2.75, 3.05) is 39.9 Å². The summed E-state index contributed by atoms with van der Waals surface area (Å²) in [5.74, 6) is 1.77. The second-order valence-corrected chi connectivity index (χ2v) is 5.51. The van der Waals surface area contributed by atoms with Gasteiger partial charge in [-0.1, -0.05) is 0 Å². The van der Waals surface area contributed by atoms with Gasteiger partial charge in [-0.05, 0) is 30.7 Å². The van der Waals surface area contributed by atoms with Crippen molar-refractivity contribution in [3.8, 4) is 11.5 Å². The van der Waals surface area contributed by atoms with Gasteiger partial charge in [-0.15, -0.1) is 0 Å². The number of hydrogen-bond donors (Lipinski definition) is 0. The molecule has 0 bridgehead atoms. The molecule has 0 spiro atoms. The summed E-state index contributed by atoms with van der Waals surface area (Å²) in [7, 11) is 1.62. The first-order valence-corrected chi connectivity index (χ1v) is 7.90. The Hall–Kier alpha value is -2.24. The number of amides is 2. The number of carbonyl (C=O) groups excluding carboxylic acids is 2. The van der Waals surface area contributed by atoms with Gasteiger partial charge in [0, 0.05) is 39.5 Å². The second kappa shape index (κ2) is 8.41. The summed E-state index contributed by atoms with van der Waals surface area (Å²) < 4.78 is 10.7. The molecule has 1 aliphatic rings. The molecule has 0 aromatic heterocycles. The molecule has 6 nitrogen and oxygen atoms in total. The van der Waals surface area contributed by atoms with E-state index >= 15 is 0 Å². The summed E-state index contributed by atoms with van der Waals surface area (Å²) in [5, 5.41) is 0. The Balaban J connectivity index is 1.64. The lowest BCUT2D eigenvalue weighted by Gasteiger charge is -2.34. The lowest BCUT2D eigenvalue weighted by Crippen LogP contribution is -2.50. The maximum atomic E-state index is 12.1. The monoisotopic (exact) mass is 320 g/mol. The fourth-order valence-corrected chi connectivity index (χ4v) is 2.51. The zero-order valence-electron chi connectivity index (χ0n) is 13.8. The number of nitrogens with zero attached hydrogens (tertiary/aromatic N) is 2. The average Bonchev–Trinajstić information content (AvgIpc) is 2.59. The molecule has 1 saturated heterocycles. The van der Waals surface area contributed by atoms with Gasteiger partial charge in [-0.2, -0.15) is 0 Å². The third-order valence-electron chi connectivity index (χ3n) is 3.94. The van der Waals surface area contributed by atoms with Crippen LogP contribution >= 0.6 is 0 Å². The first-order valence-electron chi connectivity index (χ1n) is 7.90. The molecular weight excluding hydrogens is 296 g/mol. The van der Waals surface area contributed by atoms with E-state index in [1.807, 2.05) is 29.2 Å². The number of ether oxygens (including phenoxy) is 2. The highest BCUT2D eigenvalue weighted by atomic mass is 16.5. The number of methoxy groups -OCH3 is 1. The van der Waals surface area contributed by atoms with Crippen molar-refractivity contribution >= 4 is 11.8 Å². The van der Waals surface area contributed by atoms with Gasteiger partial charge in [0.2, 0.25) is 11.8 Å². The molecule has 0 saturated carbocycles. The zero-order valence-corrected chi connectivity index (χ0v) is 13.8. The van der Waals surface area contributed by atoms with E-state index in [9.17, 15) is 9.59 Å². The molecule has 0 N–H and O–H groups in total. The predicted octanol–water partition coefficient (Wildman–Crippen LogP) is 1.54. The van der Waals surface area contributed by atoms with Crippen LogP contribution in [0.4, 0.5) is 0 Å². The van der Waals surface area contributed by atoms with Crippen molar-refractivity contribution in [2.24, 2.45) is 0 Å². The molecule has 1 aromatic carbocycles. The van der Waals surface area contributed by atoms with E-state index in [2.05, 4.69) is 0 Å². The molecule has 1 heterocycles. The van der Waals surface area contributed by atoms with Crippen molar-refractivity contribution in [3.05, 3.63) is 24.3 Å². The van der Waals surface area contributed by atoms with Crippen LogP contribution in [0.2, 0.25) is 0 Å². The Labute approximate surface area is 137 Å². The van der Waals surface area contributed by atoms with Gasteiger partial charge in [-0.3, -0.25) is 9.59 Å². The number of carbonyl (C=O) groups is 2.